The number of fused-ring (bicyclic) bond motifs is 1. The molecule has 158 valence electrons. The van der Waals surface area contributed by atoms with Crippen molar-refractivity contribution in [1.82, 2.24) is 4.90 Å². The van der Waals surface area contributed by atoms with E-state index in [0.717, 1.165) is 53.5 Å². The first kappa shape index (κ1) is 21.4. The fraction of sp³-hybridized carbons (Fsp3) is 0.440. The zero-order valence-corrected chi connectivity index (χ0v) is 19.0. The summed E-state index contributed by atoms with van der Waals surface area (Å²) >= 11 is 12.8. The molecule has 1 aliphatic heterocycles. The van der Waals surface area contributed by atoms with E-state index in [1.54, 1.807) is 0 Å². The zero-order valence-electron chi connectivity index (χ0n) is 17.5. The van der Waals surface area contributed by atoms with E-state index in [-0.39, 0.29) is 23.5 Å². The molecule has 2 aromatic carbocycles. The second kappa shape index (κ2) is 8.72. The number of carbonyl (C=O) groups is 2. The molecule has 5 heteroatoms. The van der Waals surface area contributed by atoms with Gasteiger partial charge in [-0.1, -0.05) is 41.4 Å². The van der Waals surface area contributed by atoms with E-state index in [2.05, 4.69) is 13.0 Å². The van der Waals surface area contributed by atoms with Crippen LogP contribution in [-0.2, 0) is 11.2 Å². The molecule has 0 aromatic heterocycles. The molecule has 1 atom stereocenters. The van der Waals surface area contributed by atoms with Crippen LogP contribution in [0, 0.1) is 19.8 Å². The molecule has 2 aliphatic rings. The average molecular weight is 444 g/mol. The Balaban J connectivity index is 1.45. The number of rotatable bonds is 2. The number of likely N-dealkylation sites (tertiary alicyclic amines) is 1. The summed E-state index contributed by atoms with van der Waals surface area (Å²) in [6, 6.07) is 9.70. The van der Waals surface area contributed by atoms with Gasteiger partial charge in [0.05, 0.1) is 0 Å². The molecule has 1 aliphatic carbocycles. The second-order valence-electron chi connectivity index (χ2n) is 8.65. The number of halogens is 2. The highest BCUT2D eigenvalue weighted by Gasteiger charge is 2.34. The van der Waals surface area contributed by atoms with Gasteiger partial charge in [-0.15, -0.1) is 0 Å². The van der Waals surface area contributed by atoms with Crippen molar-refractivity contribution in [3.63, 3.8) is 0 Å². The van der Waals surface area contributed by atoms with Crippen LogP contribution in [-0.4, -0.2) is 29.7 Å². The van der Waals surface area contributed by atoms with Gasteiger partial charge in [0.25, 0.3) is 0 Å². The normalized spacial score (nSPS) is 20.1. The molecule has 1 fully saturated rings. The van der Waals surface area contributed by atoms with E-state index < -0.39 is 0 Å². The summed E-state index contributed by atoms with van der Waals surface area (Å²) in [5, 5.41) is 1.40. The highest BCUT2D eigenvalue weighted by Crippen LogP contribution is 2.38. The monoisotopic (exact) mass is 443 g/mol. The van der Waals surface area contributed by atoms with Crippen LogP contribution in [0.2, 0.25) is 10.0 Å². The maximum Gasteiger partial charge on any atom is 0.226 e. The summed E-state index contributed by atoms with van der Waals surface area (Å²) in [5.41, 5.74) is 5.14. The summed E-state index contributed by atoms with van der Waals surface area (Å²) in [6.45, 7) is 5.41. The summed E-state index contributed by atoms with van der Waals surface area (Å²) < 4.78 is 0. The van der Waals surface area contributed by atoms with Crippen molar-refractivity contribution in [3.05, 3.63) is 68.2 Å². The third-order valence-electron chi connectivity index (χ3n) is 6.77. The van der Waals surface area contributed by atoms with E-state index in [9.17, 15) is 9.59 Å². The van der Waals surface area contributed by atoms with E-state index in [1.165, 1.54) is 0 Å². The number of nitrogens with zero attached hydrogens (tertiary/aromatic N) is 1. The van der Waals surface area contributed by atoms with Gasteiger partial charge in [0.15, 0.2) is 5.78 Å². The minimum Gasteiger partial charge on any atom is -0.342 e. The lowest BCUT2D eigenvalue weighted by molar-refractivity contribution is -0.136. The molecule has 2 aromatic rings. The molecule has 0 bridgehead atoms. The van der Waals surface area contributed by atoms with Gasteiger partial charge in [-0.2, -0.15) is 0 Å². The van der Waals surface area contributed by atoms with Gasteiger partial charge in [0.1, 0.15) is 0 Å². The van der Waals surface area contributed by atoms with Gasteiger partial charge in [-0.05, 0) is 79.8 Å². The summed E-state index contributed by atoms with van der Waals surface area (Å²) in [4.78, 5) is 28.2. The lowest BCUT2D eigenvalue weighted by Crippen LogP contribution is -2.41. The highest BCUT2D eigenvalue weighted by atomic mass is 35.5. The van der Waals surface area contributed by atoms with Crippen molar-refractivity contribution in [2.75, 3.05) is 13.1 Å². The number of piperidine rings is 1. The fourth-order valence-corrected chi connectivity index (χ4v) is 5.79. The minimum absolute atomic E-state index is 0.111. The summed E-state index contributed by atoms with van der Waals surface area (Å²) in [7, 11) is 0. The number of Topliss-reactive ketones (excluding diaryl/α,β-unsaturated/α-hetero) is 1. The van der Waals surface area contributed by atoms with Crippen LogP contribution in [0.15, 0.2) is 30.3 Å². The number of ketones is 1. The van der Waals surface area contributed by atoms with Crippen LogP contribution in [0.4, 0.5) is 0 Å². The number of aryl methyl sites for hydroxylation is 2. The first-order chi connectivity index (χ1) is 14.4. The van der Waals surface area contributed by atoms with Crippen LogP contribution in [0.25, 0.3) is 0 Å². The Hall–Kier alpha value is -1.84. The summed E-state index contributed by atoms with van der Waals surface area (Å²) in [5.74, 6) is 0.264. The molecule has 30 heavy (non-hydrogen) atoms. The number of benzene rings is 2. The van der Waals surface area contributed by atoms with Crippen molar-refractivity contribution in [3.8, 4) is 0 Å². The molecule has 4 rings (SSSR count). The molecular weight excluding hydrogens is 417 g/mol. The van der Waals surface area contributed by atoms with Gasteiger partial charge in [-0.25, -0.2) is 0 Å². The third-order valence-corrected chi connectivity index (χ3v) is 7.43. The molecule has 1 saturated heterocycles. The van der Waals surface area contributed by atoms with Gasteiger partial charge in [0, 0.05) is 41.0 Å². The van der Waals surface area contributed by atoms with Crippen LogP contribution < -0.4 is 0 Å². The fourth-order valence-electron chi connectivity index (χ4n) is 5.08. The van der Waals surface area contributed by atoms with Crippen LogP contribution in [0.3, 0.4) is 0 Å². The maximum atomic E-state index is 13.3. The molecule has 3 nitrogen and oxygen atoms in total. The standard InChI is InChI=1S/C25H27Cl2NO2/c1-15-6-7-16(2)23-19(15)9-8-18(14-22(23)29)25(30)28-12-10-17(11-13-28)24-20(26)4-3-5-21(24)27/h3-7,17-18H,8-14H2,1-2H3. The second-order valence-corrected chi connectivity index (χ2v) is 9.47. The quantitative estimate of drug-likeness (QED) is 0.521. The van der Waals surface area contributed by atoms with Crippen molar-refractivity contribution in [1.29, 1.82) is 0 Å². The van der Waals surface area contributed by atoms with Crippen molar-refractivity contribution >= 4 is 34.9 Å². The Bertz CT molecular complexity index is 973. The molecular formula is C25H27Cl2NO2. The van der Waals surface area contributed by atoms with E-state index in [0.29, 0.717) is 29.6 Å². The lowest BCUT2D eigenvalue weighted by Gasteiger charge is -2.34. The molecule has 0 spiro atoms. The first-order valence-electron chi connectivity index (χ1n) is 10.7. The Labute approximate surface area is 188 Å². The summed E-state index contributed by atoms with van der Waals surface area (Å²) in [6.07, 6.45) is 3.52. The Morgan fingerprint density at radius 3 is 2.27 bits per heavy atom. The molecule has 0 radical (unpaired) electrons. The van der Waals surface area contributed by atoms with Crippen molar-refractivity contribution in [2.24, 2.45) is 5.92 Å². The molecule has 1 amide bonds. The van der Waals surface area contributed by atoms with Crippen molar-refractivity contribution in [2.45, 2.75) is 51.9 Å². The van der Waals surface area contributed by atoms with Gasteiger partial charge >= 0.3 is 0 Å². The number of hydrogen-bond acceptors (Lipinski definition) is 2. The predicted octanol–water partition coefficient (Wildman–Crippen LogP) is 6.15. The molecule has 1 unspecified atom stereocenters. The predicted molar refractivity (Wildman–Crippen MR) is 122 cm³/mol. The van der Waals surface area contributed by atoms with Crippen molar-refractivity contribution < 1.29 is 9.59 Å². The first-order valence-corrected chi connectivity index (χ1v) is 11.5. The molecule has 0 N–H and O–H groups in total. The van der Waals surface area contributed by atoms with Crippen LogP contribution in [0.1, 0.15) is 64.2 Å². The largest absolute Gasteiger partial charge is 0.342 e. The zero-order chi connectivity index (χ0) is 21.4. The van der Waals surface area contributed by atoms with Gasteiger partial charge in [0.2, 0.25) is 5.91 Å². The Morgan fingerprint density at radius 1 is 0.967 bits per heavy atom. The molecule has 0 saturated carbocycles. The Kier molecular flexibility index (Phi) is 6.22. The number of hydrogen-bond donors (Lipinski definition) is 0. The lowest BCUT2D eigenvalue weighted by atomic mass is 9.88. The van der Waals surface area contributed by atoms with E-state index in [1.807, 2.05) is 36.1 Å². The number of carbonyl (C=O) groups excluding carboxylic acids is 2. The molecule has 1 heterocycles. The Morgan fingerprint density at radius 2 is 1.60 bits per heavy atom. The van der Waals surface area contributed by atoms with E-state index in [4.69, 9.17) is 23.2 Å². The van der Waals surface area contributed by atoms with Gasteiger partial charge < -0.3 is 4.90 Å². The van der Waals surface area contributed by atoms with Crippen LogP contribution >= 0.6 is 23.2 Å². The third kappa shape index (κ3) is 4.02. The van der Waals surface area contributed by atoms with E-state index >= 15 is 0 Å². The SMILES string of the molecule is Cc1ccc(C)c2c1CCC(C(=O)N1CCC(c3c(Cl)cccc3Cl)CC1)CC2=O. The highest BCUT2D eigenvalue weighted by molar-refractivity contribution is 6.36. The van der Waals surface area contributed by atoms with Gasteiger partial charge in [-0.3, -0.25) is 9.59 Å². The smallest absolute Gasteiger partial charge is 0.226 e. The van der Waals surface area contributed by atoms with Crippen LogP contribution in [0.5, 0.6) is 0 Å². The number of amides is 1. The average Bonchev–Trinajstić information content (AvgIpc) is 2.90. The maximum absolute atomic E-state index is 13.3. The topological polar surface area (TPSA) is 37.4 Å². The minimum atomic E-state index is -0.232.